The molecule has 0 aliphatic carbocycles. The Bertz CT molecular complexity index is 468. The molecule has 1 aromatic carbocycles. The van der Waals surface area contributed by atoms with Crippen LogP contribution in [0.15, 0.2) is 30.3 Å². The fourth-order valence-corrected chi connectivity index (χ4v) is 4.25. The molecule has 1 N–H and O–H groups in total. The van der Waals surface area contributed by atoms with Crippen molar-refractivity contribution in [2.45, 2.75) is 38.5 Å². The molecule has 0 heterocycles. The van der Waals surface area contributed by atoms with Gasteiger partial charge in [-0.2, -0.15) is 0 Å². The van der Waals surface area contributed by atoms with Gasteiger partial charge in [0.05, 0.1) is 5.25 Å². The Morgan fingerprint density at radius 2 is 1.74 bits per heavy atom. The lowest BCUT2D eigenvalue weighted by Gasteiger charge is -2.30. The Kier molecular flexibility index (Phi) is 6.01. The summed E-state index contributed by atoms with van der Waals surface area (Å²) in [6, 6.07) is 9.70. The minimum atomic E-state index is -3.10. The van der Waals surface area contributed by atoms with Crippen LogP contribution in [0.25, 0.3) is 0 Å². The Labute approximate surface area is 117 Å². The summed E-state index contributed by atoms with van der Waals surface area (Å²) in [4.78, 5) is 0. The Morgan fingerprint density at radius 1 is 1.16 bits per heavy atom. The van der Waals surface area contributed by atoms with Crippen molar-refractivity contribution in [2.24, 2.45) is 5.92 Å². The predicted molar refractivity (Wildman–Crippen MR) is 80.9 cm³/mol. The maximum Gasteiger partial charge on any atom is 0.152 e. The van der Waals surface area contributed by atoms with E-state index in [-0.39, 0.29) is 12.0 Å². The molecule has 108 valence electrons. The molecule has 3 nitrogen and oxygen atoms in total. The molecule has 0 amide bonds. The van der Waals surface area contributed by atoms with E-state index in [4.69, 9.17) is 0 Å². The molecule has 0 fully saturated rings. The molecule has 1 rings (SSSR count). The SMILES string of the molecule is CCCNC(c1ccccc1)C(C(C)C)S(C)(=O)=O. The number of benzene rings is 1. The number of rotatable bonds is 7. The van der Waals surface area contributed by atoms with Gasteiger partial charge in [0.1, 0.15) is 0 Å². The van der Waals surface area contributed by atoms with Crippen LogP contribution in [0, 0.1) is 5.92 Å². The van der Waals surface area contributed by atoms with Gasteiger partial charge in [-0.15, -0.1) is 0 Å². The van der Waals surface area contributed by atoms with Crippen LogP contribution >= 0.6 is 0 Å². The van der Waals surface area contributed by atoms with E-state index < -0.39 is 15.1 Å². The topological polar surface area (TPSA) is 46.2 Å². The molecule has 4 heteroatoms. The summed E-state index contributed by atoms with van der Waals surface area (Å²) < 4.78 is 24.2. The molecular weight excluding hydrogens is 258 g/mol. The van der Waals surface area contributed by atoms with E-state index in [1.807, 2.05) is 44.2 Å². The van der Waals surface area contributed by atoms with Crippen molar-refractivity contribution in [3.05, 3.63) is 35.9 Å². The van der Waals surface area contributed by atoms with E-state index in [1.54, 1.807) is 0 Å². The number of hydrogen-bond donors (Lipinski definition) is 1. The van der Waals surface area contributed by atoms with Gasteiger partial charge in [-0.3, -0.25) is 0 Å². The summed E-state index contributed by atoms with van der Waals surface area (Å²) in [5.41, 5.74) is 1.04. The van der Waals surface area contributed by atoms with Crippen LogP contribution in [0.2, 0.25) is 0 Å². The lowest BCUT2D eigenvalue weighted by atomic mass is 9.96. The Hall–Kier alpha value is -0.870. The van der Waals surface area contributed by atoms with Crippen molar-refractivity contribution >= 4 is 9.84 Å². The molecule has 0 aliphatic rings. The second-order valence-electron chi connectivity index (χ2n) is 5.38. The first-order chi connectivity index (χ1) is 8.88. The van der Waals surface area contributed by atoms with Gasteiger partial charge in [0.15, 0.2) is 9.84 Å². The van der Waals surface area contributed by atoms with Gasteiger partial charge in [0, 0.05) is 12.3 Å². The van der Waals surface area contributed by atoms with E-state index in [9.17, 15) is 8.42 Å². The van der Waals surface area contributed by atoms with Crippen LogP contribution in [-0.2, 0) is 9.84 Å². The zero-order valence-corrected chi connectivity index (χ0v) is 13.1. The second kappa shape index (κ2) is 7.06. The maximum absolute atomic E-state index is 12.1. The van der Waals surface area contributed by atoms with E-state index in [0.717, 1.165) is 18.5 Å². The predicted octanol–water partition coefficient (Wildman–Crippen LogP) is 2.80. The van der Waals surface area contributed by atoms with Gasteiger partial charge in [-0.25, -0.2) is 8.42 Å². The average Bonchev–Trinajstić information content (AvgIpc) is 2.33. The third-order valence-electron chi connectivity index (χ3n) is 3.25. The Balaban J connectivity index is 3.14. The summed E-state index contributed by atoms with van der Waals surface area (Å²) in [6.07, 6.45) is 2.32. The number of hydrogen-bond acceptors (Lipinski definition) is 3. The van der Waals surface area contributed by atoms with E-state index in [1.165, 1.54) is 6.26 Å². The Morgan fingerprint density at radius 3 is 2.16 bits per heavy atom. The van der Waals surface area contributed by atoms with Crippen molar-refractivity contribution in [1.82, 2.24) is 5.32 Å². The molecule has 0 bridgehead atoms. The monoisotopic (exact) mass is 283 g/mol. The molecule has 1 aromatic rings. The molecular formula is C15H25NO2S. The summed E-state index contributed by atoms with van der Waals surface area (Å²) >= 11 is 0. The van der Waals surface area contributed by atoms with Gasteiger partial charge in [-0.05, 0) is 24.4 Å². The first-order valence-electron chi connectivity index (χ1n) is 6.85. The summed E-state index contributed by atoms with van der Waals surface area (Å²) in [6.45, 7) is 6.84. The van der Waals surface area contributed by atoms with Crippen molar-refractivity contribution in [3.63, 3.8) is 0 Å². The van der Waals surface area contributed by atoms with Crippen LogP contribution in [0.1, 0.15) is 38.8 Å². The molecule has 0 spiro atoms. The van der Waals surface area contributed by atoms with Crippen LogP contribution in [0.4, 0.5) is 0 Å². The third kappa shape index (κ3) is 4.62. The fraction of sp³-hybridized carbons (Fsp3) is 0.600. The van der Waals surface area contributed by atoms with Crippen molar-refractivity contribution in [1.29, 1.82) is 0 Å². The van der Waals surface area contributed by atoms with Gasteiger partial charge in [0.25, 0.3) is 0 Å². The zero-order chi connectivity index (χ0) is 14.5. The molecule has 0 aliphatic heterocycles. The minimum Gasteiger partial charge on any atom is -0.309 e. The molecule has 19 heavy (non-hydrogen) atoms. The van der Waals surface area contributed by atoms with Gasteiger partial charge >= 0.3 is 0 Å². The van der Waals surface area contributed by atoms with Crippen LogP contribution < -0.4 is 5.32 Å². The summed E-state index contributed by atoms with van der Waals surface area (Å²) in [5.74, 6) is 0.0737. The van der Waals surface area contributed by atoms with Crippen LogP contribution in [-0.4, -0.2) is 26.5 Å². The van der Waals surface area contributed by atoms with Crippen molar-refractivity contribution < 1.29 is 8.42 Å². The average molecular weight is 283 g/mol. The lowest BCUT2D eigenvalue weighted by Crippen LogP contribution is -2.40. The highest BCUT2D eigenvalue weighted by atomic mass is 32.2. The minimum absolute atomic E-state index is 0.0737. The number of sulfone groups is 1. The van der Waals surface area contributed by atoms with Gasteiger partial charge in [0.2, 0.25) is 0 Å². The van der Waals surface area contributed by atoms with Gasteiger partial charge in [-0.1, -0.05) is 51.1 Å². The standard InChI is InChI=1S/C15H25NO2S/c1-5-11-16-14(13-9-7-6-8-10-13)15(12(2)3)19(4,17)18/h6-10,12,14-16H,5,11H2,1-4H3. The van der Waals surface area contributed by atoms with E-state index >= 15 is 0 Å². The van der Waals surface area contributed by atoms with Gasteiger partial charge < -0.3 is 5.32 Å². The zero-order valence-electron chi connectivity index (χ0n) is 12.3. The second-order valence-corrected chi connectivity index (χ2v) is 7.58. The third-order valence-corrected chi connectivity index (χ3v) is 5.06. The highest BCUT2D eigenvalue weighted by Crippen LogP contribution is 2.27. The molecule has 0 radical (unpaired) electrons. The highest BCUT2D eigenvalue weighted by Gasteiger charge is 2.33. The summed E-state index contributed by atoms with van der Waals surface area (Å²) in [7, 11) is -3.10. The first-order valence-corrected chi connectivity index (χ1v) is 8.80. The quantitative estimate of drug-likeness (QED) is 0.837. The molecule has 0 saturated heterocycles. The maximum atomic E-state index is 12.1. The lowest BCUT2D eigenvalue weighted by molar-refractivity contribution is 0.422. The van der Waals surface area contributed by atoms with E-state index in [0.29, 0.717) is 0 Å². The normalized spacial score (nSPS) is 15.4. The summed E-state index contributed by atoms with van der Waals surface area (Å²) in [5, 5.41) is 2.99. The van der Waals surface area contributed by atoms with Crippen LogP contribution in [0.5, 0.6) is 0 Å². The smallest absolute Gasteiger partial charge is 0.152 e. The first kappa shape index (κ1) is 16.2. The molecule has 2 atom stereocenters. The fourth-order valence-electron chi connectivity index (χ4n) is 2.51. The largest absolute Gasteiger partial charge is 0.309 e. The van der Waals surface area contributed by atoms with Crippen molar-refractivity contribution in [3.8, 4) is 0 Å². The highest BCUT2D eigenvalue weighted by molar-refractivity contribution is 7.91. The van der Waals surface area contributed by atoms with Crippen molar-refractivity contribution in [2.75, 3.05) is 12.8 Å². The molecule has 0 aromatic heterocycles. The van der Waals surface area contributed by atoms with Crippen LogP contribution in [0.3, 0.4) is 0 Å². The van der Waals surface area contributed by atoms with E-state index in [2.05, 4.69) is 12.2 Å². The molecule has 0 saturated carbocycles. The molecule has 2 unspecified atom stereocenters. The number of nitrogens with one attached hydrogen (secondary N) is 1.